The Morgan fingerprint density at radius 3 is 2.61 bits per heavy atom. The number of piperidine rings is 1. The maximum absolute atomic E-state index is 9.19. The largest absolute Gasteiger partial charge is 0.396 e. The van der Waals surface area contributed by atoms with E-state index in [2.05, 4.69) is 26.1 Å². The van der Waals surface area contributed by atoms with Crippen LogP contribution in [0.2, 0.25) is 4.34 Å². The highest BCUT2D eigenvalue weighted by Crippen LogP contribution is 2.44. The standard InChI is InChI=1S/C14H22ClNOS/c1-9-7-14(3,8-10(2)16-9)13-11(4-5-17)6-12(15)18-13/h6,9-10,16-17H,4-5,7-8H2,1-3H3. The molecule has 2 rings (SSSR count). The maximum Gasteiger partial charge on any atom is 0.0934 e. The normalized spacial score (nSPS) is 32.7. The number of aliphatic hydroxyl groups is 1. The zero-order valence-corrected chi connectivity index (χ0v) is 12.9. The summed E-state index contributed by atoms with van der Waals surface area (Å²) in [5.74, 6) is 0. The van der Waals surface area contributed by atoms with E-state index in [-0.39, 0.29) is 12.0 Å². The van der Waals surface area contributed by atoms with E-state index in [4.69, 9.17) is 11.6 Å². The Morgan fingerprint density at radius 1 is 1.44 bits per heavy atom. The van der Waals surface area contributed by atoms with Crippen molar-refractivity contribution in [2.45, 2.75) is 57.5 Å². The van der Waals surface area contributed by atoms with Crippen LogP contribution in [0, 0.1) is 0 Å². The number of thiophene rings is 1. The van der Waals surface area contributed by atoms with E-state index in [0.717, 1.165) is 17.2 Å². The Labute approximate surface area is 118 Å². The Kier molecular flexibility index (Phi) is 4.37. The molecule has 2 nitrogen and oxygen atoms in total. The van der Waals surface area contributed by atoms with Gasteiger partial charge in [-0.2, -0.15) is 0 Å². The van der Waals surface area contributed by atoms with Gasteiger partial charge in [0.2, 0.25) is 0 Å². The number of aliphatic hydroxyl groups excluding tert-OH is 1. The SMILES string of the molecule is CC1CC(C)(c2sc(Cl)cc2CCO)CC(C)N1. The third-order valence-corrected chi connectivity index (χ3v) is 5.40. The van der Waals surface area contributed by atoms with Gasteiger partial charge < -0.3 is 10.4 Å². The molecular formula is C14H22ClNOS. The summed E-state index contributed by atoms with van der Waals surface area (Å²) in [4.78, 5) is 1.38. The van der Waals surface area contributed by atoms with Crippen LogP contribution in [0.1, 0.15) is 44.1 Å². The van der Waals surface area contributed by atoms with Gasteiger partial charge in [0.25, 0.3) is 0 Å². The lowest BCUT2D eigenvalue weighted by molar-refractivity contribution is 0.237. The van der Waals surface area contributed by atoms with Crippen LogP contribution in [-0.4, -0.2) is 23.8 Å². The highest BCUT2D eigenvalue weighted by atomic mass is 35.5. The van der Waals surface area contributed by atoms with Crippen molar-refractivity contribution in [2.24, 2.45) is 0 Å². The molecule has 4 heteroatoms. The van der Waals surface area contributed by atoms with Crippen molar-refractivity contribution in [1.29, 1.82) is 0 Å². The van der Waals surface area contributed by atoms with E-state index in [0.29, 0.717) is 18.5 Å². The fourth-order valence-electron chi connectivity index (χ4n) is 3.44. The molecule has 1 fully saturated rings. The summed E-state index contributed by atoms with van der Waals surface area (Å²) >= 11 is 7.87. The third-order valence-electron chi connectivity index (χ3n) is 3.79. The first-order valence-corrected chi connectivity index (χ1v) is 7.79. The minimum atomic E-state index is 0.187. The van der Waals surface area contributed by atoms with E-state index in [1.54, 1.807) is 11.3 Å². The lowest BCUT2D eigenvalue weighted by Crippen LogP contribution is -2.48. The molecule has 2 heterocycles. The summed E-state index contributed by atoms with van der Waals surface area (Å²) in [6.07, 6.45) is 2.98. The third kappa shape index (κ3) is 2.90. The number of halogens is 1. The van der Waals surface area contributed by atoms with Crippen molar-refractivity contribution in [3.05, 3.63) is 20.8 Å². The van der Waals surface area contributed by atoms with Gasteiger partial charge in [0.15, 0.2) is 0 Å². The van der Waals surface area contributed by atoms with Crippen LogP contribution in [0.3, 0.4) is 0 Å². The lowest BCUT2D eigenvalue weighted by Gasteiger charge is -2.41. The van der Waals surface area contributed by atoms with Crippen LogP contribution in [0.25, 0.3) is 0 Å². The predicted molar refractivity (Wildman–Crippen MR) is 78.8 cm³/mol. The summed E-state index contributed by atoms with van der Waals surface area (Å²) in [5, 5.41) is 12.8. The minimum absolute atomic E-state index is 0.187. The van der Waals surface area contributed by atoms with Gasteiger partial charge in [-0.15, -0.1) is 11.3 Å². The molecule has 0 aliphatic carbocycles. The first-order chi connectivity index (χ1) is 8.44. The second kappa shape index (κ2) is 5.49. The first kappa shape index (κ1) is 14.3. The number of hydrogen-bond acceptors (Lipinski definition) is 3. The van der Waals surface area contributed by atoms with Gasteiger partial charge in [0.1, 0.15) is 0 Å². The van der Waals surface area contributed by atoms with Crippen molar-refractivity contribution in [3.63, 3.8) is 0 Å². The van der Waals surface area contributed by atoms with Crippen LogP contribution in [-0.2, 0) is 11.8 Å². The molecule has 1 aromatic heterocycles. The second-order valence-corrected chi connectivity index (χ2v) is 7.50. The summed E-state index contributed by atoms with van der Waals surface area (Å²) in [6.45, 7) is 7.02. The molecule has 1 aliphatic heterocycles. The Morgan fingerprint density at radius 2 is 2.06 bits per heavy atom. The number of hydrogen-bond donors (Lipinski definition) is 2. The summed E-state index contributed by atoms with van der Waals surface area (Å²) < 4.78 is 0.841. The highest BCUT2D eigenvalue weighted by Gasteiger charge is 2.37. The fourth-order valence-corrected chi connectivity index (χ4v) is 4.90. The van der Waals surface area contributed by atoms with Crippen molar-refractivity contribution in [3.8, 4) is 0 Å². The predicted octanol–water partition coefficient (Wildman–Crippen LogP) is 3.35. The molecule has 102 valence electrons. The molecule has 0 bridgehead atoms. The zero-order valence-electron chi connectivity index (χ0n) is 11.3. The van der Waals surface area contributed by atoms with E-state index in [1.807, 2.05) is 6.07 Å². The average molecular weight is 288 g/mol. The smallest absolute Gasteiger partial charge is 0.0934 e. The lowest BCUT2D eigenvalue weighted by atomic mass is 9.73. The van der Waals surface area contributed by atoms with Gasteiger partial charge >= 0.3 is 0 Å². The molecule has 0 aromatic carbocycles. The molecule has 0 radical (unpaired) electrons. The molecule has 0 spiro atoms. The van der Waals surface area contributed by atoms with Crippen LogP contribution >= 0.6 is 22.9 Å². The quantitative estimate of drug-likeness (QED) is 0.893. The minimum Gasteiger partial charge on any atom is -0.396 e. The van der Waals surface area contributed by atoms with Gasteiger partial charge in [-0.25, -0.2) is 0 Å². The molecule has 0 saturated carbocycles. The molecule has 1 aromatic rings. The molecule has 18 heavy (non-hydrogen) atoms. The molecule has 2 atom stereocenters. The molecule has 1 saturated heterocycles. The van der Waals surface area contributed by atoms with Crippen molar-refractivity contribution in [2.75, 3.05) is 6.61 Å². The fraction of sp³-hybridized carbons (Fsp3) is 0.714. The summed E-state index contributed by atoms with van der Waals surface area (Å²) in [6, 6.07) is 3.09. The Bertz CT molecular complexity index is 408. The van der Waals surface area contributed by atoms with Gasteiger partial charge in [0, 0.05) is 29.0 Å². The van der Waals surface area contributed by atoms with Crippen LogP contribution in [0.5, 0.6) is 0 Å². The topological polar surface area (TPSA) is 32.3 Å². The van der Waals surface area contributed by atoms with E-state index in [1.165, 1.54) is 10.4 Å². The molecule has 0 amide bonds. The second-order valence-electron chi connectivity index (χ2n) is 5.82. The Balaban J connectivity index is 2.33. The Hall–Kier alpha value is -0.0900. The van der Waals surface area contributed by atoms with Crippen molar-refractivity contribution < 1.29 is 5.11 Å². The van der Waals surface area contributed by atoms with E-state index >= 15 is 0 Å². The molecule has 2 N–H and O–H groups in total. The number of nitrogens with one attached hydrogen (secondary N) is 1. The molecule has 1 aliphatic rings. The zero-order chi connectivity index (χ0) is 13.3. The van der Waals surface area contributed by atoms with Crippen LogP contribution in [0.15, 0.2) is 6.07 Å². The van der Waals surface area contributed by atoms with Crippen molar-refractivity contribution in [1.82, 2.24) is 5.32 Å². The van der Waals surface area contributed by atoms with Crippen molar-refractivity contribution >= 4 is 22.9 Å². The highest BCUT2D eigenvalue weighted by molar-refractivity contribution is 7.16. The maximum atomic E-state index is 9.19. The summed E-state index contributed by atoms with van der Waals surface area (Å²) in [7, 11) is 0. The van der Waals surface area contributed by atoms with Gasteiger partial charge in [-0.1, -0.05) is 18.5 Å². The van der Waals surface area contributed by atoms with Crippen LogP contribution < -0.4 is 5.32 Å². The number of rotatable bonds is 3. The van der Waals surface area contributed by atoms with E-state index < -0.39 is 0 Å². The molecular weight excluding hydrogens is 266 g/mol. The van der Waals surface area contributed by atoms with Crippen LogP contribution in [0.4, 0.5) is 0 Å². The van der Waals surface area contributed by atoms with Gasteiger partial charge in [-0.3, -0.25) is 0 Å². The summed E-state index contributed by atoms with van der Waals surface area (Å²) in [5.41, 5.74) is 1.42. The van der Waals surface area contributed by atoms with E-state index in [9.17, 15) is 5.11 Å². The average Bonchev–Trinajstić information content (AvgIpc) is 2.58. The molecule has 2 unspecified atom stereocenters. The van der Waals surface area contributed by atoms with Gasteiger partial charge in [-0.05, 0) is 44.7 Å². The van der Waals surface area contributed by atoms with Gasteiger partial charge in [0.05, 0.1) is 4.34 Å². The first-order valence-electron chi connectivity index (χ1n) is 6.60. The monoisotopic (exact) mass is 287 g/mol.